The first-order valence-electron chi connectivity index (χ1n) is 5.89. The minimum absolute atomic E-state index is 0.178. The van der Waals surface area contributed by atoms with E-state index in [-0.39, 0.29) is 18.4 Å². The van der Waals surface area contributed by atoms with Crippen molar-refractivity contribution < 1.29 is 14.3 Å². The fourth-order valence-electron chi connectivity index (χ4n) is 1.73. The lowest BCUT2D eigenvalue weighted by molar-refractivity contribution is -0.138. The molecule has 0 aromatic heterocycles. The molecule has 2 rings (SSSR count). The first-order chi connectivity index (χ1) is 8.66. The zero-order chi connectivity index (χ0) is 13.0. The summed E-state index contributed by atoms with van der Waals surface area (Å²) in [6, 6.07) is 8.61. The quantitative estimate of drug-likeness (QED) is 0.800. The number of hydrogen-bond donors (Lipinski definition) is 2. The van der Waals surface area contributed by atoms with E-state index >= 15 is 0 Å². The highest BCUT2D eigenvalue weighted by atomic mass is 16.5. The summed E-state index contributed by atoms with van der Waals surface area (Å²) in [5.74, 6) is -0.377. The normalized spacial score (nSPS) is 23.4. The summed E-state index contributed by atoms with van der Waals surface area (Å²) in [7, 11) is 0. The third kappa shape index (κ3) is 3.07. The van der Waals surface area contributed by atoms with Crippen LogP contribution in [0.2, 0.25) is 0 Å². The van der Waals surface area contributed by atoms with Crippen molar-refractivity contribution in [3.8, 4) is 0 Å². The molecule has 1 aromatic rings. The molecule has 1 aliphatic heterocycles. The number of amides is 2. The van der Waals surface area contributed by atoms with Crippen molar-refractivity contribution in [2.75, 3.05) is 6.61 Å². The minimum atomic E-state index is -0.600. The van der Waals surface area contributed by atoms with Crippen LogP contribution in [0.1, 0.15) is 12.5 Å². The molecule has 2 amide bonds. The Morgan fingerprint density at radius 3 is 2.56 bits per heavy atom. The van der Waals surface area contributed by atoms with Crippen molar-refractivity contribution in [3.05, 3.63) is 35.9 Å². The van der Waals surface area contributed by atoms with Gasteiger partial charge in [-0.1, -0.05) is 30.3 Å². The standard InChI is InChI=1S/C13H16N2O3/c1-9-12(16)15-11(13(17)14-9)8-18-7-10-5-3-2-4-6-10/h2-6,9,11H,7-8H2,1H3,(H,14,17)(H,15,16)/t9?,11-/m0/s1. The number of rotatable bonds is 4. The maximum atomic E-state index is 11.6. The molecule has 5 heteroatoms. The monoisotopic (exact) mass is 248 g/mol. The van der Waals surface area contributed by atoms with Crippen molar-refractivity contribution in [1.29, 1.82) is 0 Å². The van der Waals surface area contributed by atoms with E-state index in [1.807, 2.05) is 30.3 Å². The molecule has 1 heterocycles. The number of carbonyl (C=O) groups is 2. The lowest BCUT2D eigenvalue weighted by atomic mass is 10.1. The maximum absolute atomic E-state index is 11.6. The van der Waals surface area contributed by atoms with Gasteiger partial charge in [0.25, 0.3) is 0 Å². The Labute approximate surface area is 106 Å². The molecule has 0 radical (unpaired) electrons. The van der Waals surface area contributed by atoms with Crippen LogP contribution in [0.5, 0.6) is 0 Å². The van der Waals surface area contributed by atoms with Gasteiger partial charge in [-0.05, 0) is 12.5 Å². The summed E-state index contributed by atoms with van der Waals surface area (Å²) < 4.78 is 5.44. The zero-order valence-electron chi connectivity index (χ0n) is 10.2. The highest BCUT2D eigenvalue weighted by Gasteiger charge is 2.30. The molecule has 1 fully saturated rings. The van der Waals surface area contributed by atoms with Crippen LogP contribution in [-0.2, 0) is 20.9 Å². The van der Waals surface area contributed by atoms with Crippen LogP contribution in [0, 0.1) is 0 Å². The zero-order valence-corrected chi connectivity index (χ0v) is 10.2. The first kappa shape index (κ1) is 12.6. The topological polar surface area (TPSA) is 67.4 Å². The van der Waals surface area contributed by atoms with Gasteiger partial charge < -0.3 is 15.4 Å². The van der Waals surface area contributed by atoms with Gasteiger partial charge in [-0.25, -0.2) is 0 Å². The van der Waals surface area contributed by atoms with E-state index < -0.39 is 12.1 Å². The van der Waals surface area contributed by atoms with Gasteiger partial charge in [-0.15, -0.1) is 0 Å². The van der Waals surface area contributed by atoms with E-state index in [0.29, 0.717) is 6.61 Å². The van der Waals surface area contributed by atoms with Crippen molar-refractivity contribution in [3.63, 3.8) is 0 Å². The Kier molecular flexibility index (Phi) is 3.94. The fraction of sp³-hybridized carbons (Fsp3) is 0.385. The molecule has 1 aliphatic rings. The summed E-state index contributed by atoms with van der Waals surface area (Å²) in [4.78, 5) is 23.0. The Hall–Kier alpha value is -1.88. The average molecular weight is 248 g/mol. The van der Waals surface area contributed by atoms with Gasteiger partial charge >= 0.3 is 0 Å². The maximum Gasteiger partial charge on any atom is 0.245 e. The largest absolute Gasteiger partial charge is 0.374 e. The summed E-state index contributed by atoms with van der Waals surface area (Å²) in [6.07, 6.45) is 0. The summed E-state index contributed by atoms with van der Waals surface area (Å²) in [5.41, 5.74) is 1.04. The molecule has 1 aromatic carbocycles. The predicted octanol–water partition coefficient (Wildman–Crippen LogP) is 0.206. The third-order valence-electron chi connectivity index (χ3n) is 2.78. The van der Waals surface area contributed by atoms with Crippen LogP contribution in [0.3, 0.4) is 0 Å². The Balaban J connectivity index is 1.80. The van der Waals surface area contributed by atoms with Crippen LogP contribution < -0.4 is 10.6 Å². The van der Waals surface area contributed by atoms with Crippen molar-refractivity contribution in [2.45, 2.75) is 25.6 Å². The molecule has 0 aliphatic carbocycles. The van der Waals surface area contributed by atoms with E-state index in [9.17, 15) is 9.59 Å². The van der Waals surface area contributed by atoms with Gasteiger partial charge in [0.1, 0.15) is 12.1 Å². The van der Waals surface area contributed by atoms with Crippen LogP contribution in [0.15, 0.2) is 30.3 Å². The number of piperazine rings is 1. The lowest BCUT2D eigenvalue weighted by Gasteiger charge is -2.27. The second kappa shape index (κ2) is 5.64. The van der Waals surface area contributed by atoms with Crippen LogP contribution >= 0.6 is 0 Å². The second-order valence-corrected chi connectivity index (χ2v) is 4.29. The van der Waals surface area contributed by atoms with Crippen LogP contribution in [0.25, 0.3) is 0 Å². The van der Waals surface area contributed by atoms with Crippen molar-refractivity contribution >= 4 is 11.8 Å². The first-order valence-corrected chi connectivity index (χ1v) is 5.89. The summed E-state index contributed by atoms with van der Waals surface area (Å²) >= 11 is 0. The SMILES string of the molecule is CC1NC(=O)[C@H](COCc2ccccc2)NC1=O. The molecule has 0 spiro atoms. The Morgan fingerprint density at radius 2 is 1.83 bits per heavy atom. The molecule has 96 valence electrons. The lowest BCUT2D eigenvalue weighted by Crippen LogP contribution is -2.62. The van der Waals surface area contributed by atoms with E-state index in [2.05, 4.69) is 10.6 Å². The molecule has 0 saturated carbocycles. The van der Waals surface area contributed by atoms with Crippen molar-refractivity contribution in [2.24, 2.45) is 0 Å². The van der Waals surface area contributed by atoms with E-state index in [4.69, 9.17) is 4.74 Å². The molecule has 1 unspecified atom stereocenters. The Bertz CT molecular complexity index is 433. The predicted molar refractivity (Wildman–Crippen MR) is 65.6 cm³/mol. The van der Waals surface area contributed by atoms with Gasteiger partial charge in [-0.2, -0.15) is 0 Å². The van der Waals surface area contributed by atoms with Crippen LogP contribution in [0.4, 0.5) is 0 Å². The van der Waals surface area contributed by atoms with Crippen LogP contribution in [-0.4, -0.2) is 30.5 Å². The summed E-state index contributed by atoms with van der Waals surface area (Å²) in [6.45, 7) is 2.25. The molecule has 5 nitrogen and oxygen atoms in total. The Morgan fingerprint density at radius 1 is 1.11 bits per heavy atom. The van der Waals surface area contributed by atoms with Gasteiger partial charge in [0.2, 0.25) is 11.8 Å². The number of hydrogen-bond acceptors (Lipinski definition) is 3. The molecule has 2 N–H and O–H groups in total. The molecule has 1 saturated heterocycles. The third-order valence-corrected chi connectivity index (χ3v) is 2.78. The van der Waals surface area contributed by atoms with E-state index in [0.717, 1.165) is 5.56 Å². The van der Waals surface area contributed by atoms with Gasteiger partial charge in [0.05, 0.1) is 13.2 Å². The van der Waals surface area contributed by atoms with Gasteiger partial charge in [-0.3, -0.25) is 9.59 Å². The second-order valence-electron chi connectivity index (χ2n) is 4.29. The smallest absolute Gasteiger partial charge is 0.245 e. The number of ether oxygens (including phenoxy) is 1. The van der Waals surface area contributed by atoms with Crippen molar-refractivity contribution in [1.82, 2.24) is 10.6 Å². The number of nitrogens with one attached hydrogen (secondary N) is 2. The number of benzene rings is 1. The van der Waals surface area contributed by atoms with E-state index in [1.165, 1.54) is 0 Å². The van der Waals surface area contributed by atoms with Gasteiger partial charge in [0, 0.05) is 0 Å². The molecule has 18 heavy (non-hydrogen) atoms. The minimum Gasteiger partial charge on any atom is -0.374 e. The van der Waals surface area contributed by atoms with E-state index in [1.54, 1.807) is 6.92 Å². The molecule has 2 atom stereocenters. The average Bonchev–Trinajstić information content (AvgIpc) is 2.37. The molecular formula is C13H16N2O3. The fourth-order valence-corrected chi connectivity index (χ4v) is 1.73. The van der Waals surface area contributed by atoms with Gasteiger partial charge in [0.15, 0.2) is 0 Å². The molecular weight excluding hydrogens is 232 g/mol. The highest BCUT2D eigenvalue weighted by Crippen LogP contribution is 2.03. The highest BCUT2D eigenvalue weighted by molar-refractivity contribution is 5.96. The summed E-state index contributed by atoms with van der Waals surface area (Å²) in [5, 5.41) is 5.22. The molecule has 0 bridgehead atoms. The number of carbonyl (C=O) groups excluding carboxylic acids is 2.